The summed E-state index contributed by atoms with van der Waals surface area (Å²) in [7, 11) is 2.13. The molecule has 2 heterocycles. The third-order valence-electron chi connectivity index (χ3n) is 5.21. The van der Waals surface area contributed by atoms with E-state index in [4.69, 9.17) is 19.7 Å². The molecule has 0 saturated carbocycles. The van der Waals surface area contributed by atoms with E-state index in [9.17, 15) is 50.0 Å². The second-order valence-corrected chi connectivity index (χ2v) is 7.62. The molecule has 2 aliphatic rings. The first-order valence-corrected chi connectivity index (χ1v) is 10.2. The van der Waals surface area contributed by atoms with Gasteiger partial charge in [-0.25, -0.2) is 9.59 Å². The Bertz CT molecular complexity index is 690. The van der Waals surface area contributed by atoms with E-state index >= 15 is 0 Å². The average Bonchev–Trinajstić information content (AvgIpc) is 2.87. The van der Waals surface area contributed by atoms with Crippen LogP contribution >= 0.6 is 0 Å². The molecular formula is C16H30N6O14. The lowest BCUT2D eigenvalue weighted by molar-refractivity contribution is -0.252. The molecule has 0 aromatic heterocycles. The molecule has 2 rings (SSSR count). The fourth-order valence-corrected chi connectivity index (χ4v) is 3.05. The van der Waals surface area contributed by atoms with E-state index in [1.54, 1.807) is 0 Å². The van der Waals surface area contributed by atoms with Crippen LogP contribution in [0.2, 0.25) is 0 Å². The first-order valence-electron chi connectivity index (χ1n) is 10.2. The van der Waals surface area contributed by atoms with Crippen LogP contribution in [0, 0.1) is 9.81 Å². The van der Waals surface area contributed by atoms with Crippen LogP contribution in [0.15, 0.2) is 10.6 Å². The van der Waals surface area contributed by atoms with Gasteiger partial charge in [0.2, 0.25) is 0 Å². The lowest BCUT2D eigenvalue weighted by Crippen LogP contribution is -2.64. The largest absolute Gasteiger partial charge is 0.394 e. The lowest BCUT2D eigenvalue weighted by Gasteiger charge is -2.40. The van der Waals surface area contributed by atoms with Crippen molar-refractivity contribution in [2.45, 2.75) is 61.3 Å². The second-order valence-electron chi connectivity index (χ2n) is 7.62. The number of nitrogens with one attached hydrogen (secondary N) is 2. The first-order chi connectivity index (χ1) is 16.8. The minimum atomic E-state index is -1.63. The van der Waals surface area contributed by atoms with Crippen molar-refractivity contribution in [3.63, 3.8) is 0 Å². The Morgan fingerprint density at radius 1 is 0.694 bits per heavy atom. The van der Waals surface area contributed by atoms with Gasteiger partial charge in [-0.3, -0.25) is 0 Å². The zero-order valence-corrected chi connectivity index (χ0v) is 19.0. The zero-order valence-electron chi connectivity index (χ0n) is 19.0. The molecule has 36 heavy (non-hydrogen) atoms. The number of aliphatic hydroxyl groups is 8. The van der Waals surface area contributed by atoms with Crippen molar-refractivity contribution in [1.29, 1.82) is 0 Å². The van der Waals surface area contributed by atoms with Crippen LogP contribution in [0.3, 0.4) is 0 Å². The average molecular weight is 530 g/mol. The van der Waals surface area contributed by atoms with E-state index in [1.807, 2.05) is 0 Å². The molecule has 10 atom stereocenters. The number of nitroso groups, excluding NO2 is 2. The number of carbonyl (C=O) groups excluding carboxylic acids is 2. The Labute approximate surface area is 202 Å². The van der Waals surface area contributed by atoms with Crippen LogP contribution in [0.1, 0.15) is 0 Å². The molecule has 208 valence electrons. The topological polar surface area (TPSA) is 304 Å². The van der Waals surface area contributed by atoms with Gasteiger partial charge < -0.3 is 61.0 Å². The number of hydrogen-bond donors (Lipinski definition) is 10. The number of nitrogens with zero attached hydrogens (tertiary/aromatic N) is 4. The molecule has 2 aliphatic heterocycles. The molecule has 0 aromatic carbocycles. The van der Waals surface area contributed by atoms with Crippen LogP contribution in [-0.2, 0) is 9.47 Å². The van der Waals surface area contributed by atoms with Crippen LogP contribution in [0.25, 0.3) is 0 Å². The Morgan fingerprint density at radius 2 is 1.00 bits per heavy atom. The summed E-state index contributed by atoms with van der Waals surface area (Å²) in [6, 6.07) is -4.66. The highest BCUT2D eigenvalue weighted by Crippen LogP contribution is 2.21. The number of aliphatic hydroxyl groups excluding tert-OH is 8. The highest BCUT2D eigenvalue weighted by molar-refractivity contribution is 5.74. The van der Waals surface area contributed by atoms with Gasteiger partial charge >= 0.3 is 12.1 Å². The molecule has 2 saturated heterocycles. The predicted octanol–water partition coefficient (Wildman–Crippen LogP) is -5.78. The molecule has 2 fully saturated rings. The quantitative estimate of drug-likeness (QED) is 0.113. The van der Waals surface area contributed by atoms with Gasteiger partial charge in [-0.2, -0.15) is 10.0 Å². The Hall–Kier alpha value is -2.66. The molecule has 20 heteroatoms. The van der Waals surface area contributed by atoms with Gasteiger partial charge in [0.25, 0.3) is 0 Å². The summed E-state index contributed by atoms with van der Waals surface area (Å²) in [6.45, 7) is -1.21. The molecule has 0 aliphatic carbocycles. The third-order valence-corrected chi connectivity index (χ3v) is 5.21. The number of rotatable bonds is 6. The number of amides is 4. The summed E-state index contributed by atoms with van der Waals surface area (Å²) in [6.07, 6.45) is -11.7. The molecule has 10 N–H and O–H groups in total. The SMILES string of the molecule is CN(N=O)C(=O)N[C@@H]1[C@@H](O)[C@H](O)[C@@H](CO)O[C@@H]1O.CN(N=O)C(=O)N[C@H]1C(O)O[C@H](CO)[C@@H](O)[C@@H]1O. The first kappa shape index (κ1) is 31.4. The number of hydrogen-bond acceptors (Lipinski definition) is 16. The number of ether oxygens (including phenoxy) is 2. The van der Waals surface area contributed by atoms with Gasteiger partial charge in [-0.1, -0.05) is 0 Å². The summed E-state index contributed by atoms with van der Waals surface area (Å²) in [5.74, 6) is 0. The molecule has 0 bridgehead atoms. The van der Waals surface area contributed by atoms with Crippen molar-refractivity contribution in [1.82, 2.24) is 20.7 Å². The molecule has 1 unspecified atom stereocenters. The van der Waals surface area contributed by atoms with Crippen molar-refractivity contribution in [3.05, 3.63) is 9.81 Å². The van der Waals surface area contributed by atoms with Crippen LogP contribution < -0.4 is 10.6 Å². The van der Waals surface area contributed by atoms with Crippen molar-refractivity contribution in [2.24, 2.45) is 10.6 Å². The molecular weight excluding hydrogens is 500 g/mol. The molecule has 0 aromatic rings. The van der Waals surface area contributed by atoms with Crippen molar-refractivity contribution in [3.8, 4) is 0 Å². The maximum Gasteiger partial charge on any atom is 0.340 e. The summed E-state index contributed by atoms with van der Waals surface area (Å²) >= 11 is 0. The van der Waals surface area contributed by atoms with E-state index in [2.05, 4.69) is 21.2 Å². The van der Waals surface area contributed by atoms with E-state index < -0.39 is 86.6 Å². The van der Waals surface area contributed by atoms with Gasteiger partial charge in [0.05, 0.1) is 23.8 Å². The molecule has 0 spiro atoms. The minimum Gasteiger partial charge on any atom is -0.394 e. The summed E-state index contributed by atoms with van der Waals surface area (Å²) in [5.41, 5.74) is 0. The Balaban J connectivity index is 0.000000360. The highest BCUT2D eigenvalue weighted by Gasteiger charge is 2.45. The molecule has 0 radical (unpaired) electrons. The van der Waals surface area contributed by atoms with Gasteiger partial charge in [-0.15, -0.1) is 9.81 Å². The van der Waals surface area contributed by atoms with E-state index in [1.165, 1.54) is 0 Å². The monoisotopic (exact) mass is 530 g/mol. The fourth-order valence-electron chi connectivity index (χ4n) is 3.05. The van der Waals surface area contributed by atoms with E-state index in [0.717, 1.165) is 14.1 Å². The maximum absolute atomic E-state index is 11.3. The van der Waals surface area contributed by atoms with Gasteiger partial charge in [-0.05, 0) is 0 Å². The maximum atomic E-state index is 11.3. The number of carbonyl (C=O) groups is 2. The van der Waals surface area contributed by atoms with Crippen LogP contribution in [0.4, 0.5) is 9.59 Å². The molecule has 4 amide bonds. The van der Waals surface area contributed by atoms with Gasteiger partial charge in [0.15, 0.2) is 12.6 Å². The summed E-state index contributed by atoms with van der Waals surface area (Å²) in [4.78, 5) is 42.8. The fraction of sp³-hybridized carbons (Fsp3) is 0.875. The summed E-state index contributed by atoms with van der Waals surface area (Å²) in [5, 5.41) is 84.7. The van der Waals surface area contributed by atoms with E-state index in [0.29, 0.717) is 10.0 Å². The highest BCUT2D eigenvalue weighted by atomic mass is 16.6. The molecule has 20 nitrogen and oxygen atoms in total. The third kappa shape index (κ3) is 7.67. The van der Waals surface area contributed by atoms with Crippen LogP contribution in [-0.4, -0.2) is 152 Å². The zero-order chi connectivity index (χ0) is 27.7. The smallest absolute Gasteiger partial charge is 0.340 e. The van der Waals surface area contributed by atoms with E-state index in [-0.39, 0.29) is 0 Å². The normalized spacial score (nSPS) is 35.9. The van der Waals surface area contributed by atoms with Crippen molar-refractivity contribution >= 4 is 12.1 Å². The Morgan fingerprint density at radius 3 is 1.25 bits per heavy atom. The van der Waals surface area contributed by atoms with Crippen LogP contribution in [0.5, 0.6) is 0 Å². The van der Waals surface area contributed by atoms with Crippen molar-refractivity contribution < 1.29 is 59.9 Å². The minimum absolute atomic E-state index is 0.407. The Kier molecular flexibility index (Phi) is 12.4. The van der Waals surface area contributed by atoms with Crippen molar-refractivity contribution in [2.75, 3.05) is 27.3 Å². The van der Waals surface area contributed by atoms with Gasteiger partial charge in [0.1, 0.15) is 48.7 Å². The van der Waals surface area contributed by atoms with Gasteiger partial charge in [0, 0.05) is 14.1 Å². The lowest BCUT2D eigenvalue weighted by atomic mass is 9.97. The second kappa shape index (κ2) is 14.2. The predicted molar refractivity (Wildman–Crippen MR) is 112 cm³/mol. The standard InChI is InChI=1S/2C8H15N3O7/c2*1-11(10-17)8(16)9-4-6(14)5(13)3(2-12)18-7(4)15/h2*3-7,12-15H,2H2,1H3,(H,9,16)/t3-,4-,5-,6-,7?;3-,4-,5-,6-,7+/m11/s1. The number of urea groups is 2. The summed E-state index contributed by atoms with van der Waals surface area (Å²) < 4.78 is 9.60.